The van der Waals surface area contributed by atoms with Crippen LogP contribution in [0.3, 0.4) is 0 Å². The number of nitrogens with zero attached hydrogens (tertiary/aromatic N) is 2. The number of rotatable bonds is 2. The standard InChI is InChI=1S/C18H25ClN4O2/c1-22-10-11-23(13-18(22)7-6-16(24)20-9-8-18)17(25)21-12-14-2-4-15(19)5-3-14/h2-5H,6-13H2,1H3,(H,20,24)(H,21,25)/t18-/m1/s1. The van der Waals surface area contributed by atoms with Gasteiger partial charge in [-0.3, -0.25) is 9.69 Å². The van der Waals surface area contributed by atoms with Crippen LogP contribution in [0.25, 0.3) is 0 Å². The van der Waals surface area contributed by atoms with Gasteiger partial charge in [-0.2, -0.15) is 0 Å². The maximum absolute atomic E-state index is 12.6. The summed E-state index contributed by atoms with van der Waals surface area (Å²) in [7, 11) is 2.10. The zero-order chi connectivity index (χ0) is 17.9. The number of carbonyl (C=O) groups excluding carboxylic acids is 2. The van der Waals surface area contributed by atoms with Gasteiger partial charge in [0.05, 0.1) is 0 Å². The molecule has 1 aromatic carbocycles. The van der Waals surface area contributed by atoms with E-state index >= 15 is 0 Å². The highest BCUT2D eigenvalue weighted by molar-refractivity contribution is 6.30. The minimum atomic E-state index is -0.116. The average Bonchev–Trinajstić information content (AvgIpc) is 2.79. The molecule has 25 heavy (non-hydrogen) atoms. The Morgan fingerprint density at radius 2 is 2.04 bits per heavy atom. The summed E-state index contributed by atoms with van der Waals surface area (Å²) in [5, 5.41) is 6.62. The summed E-state index contributed by atoms with van der Waals surface area (Å²) in [5.41, 5.74) is 0.903. The lowest BCUT2D eigenvalue weighted by atomic mass is 9.86. The van der Waals surface area contributed by atoms with Crippen molar-refractivity contribution in [2.45, 2.75) is 31.3 Å². The van der Waals surface area contributed by atoms with Crippen LogP contribution in [0.1, 0.15) is 24.8 Å². The minimum absolute atomic E-state index is 0.0500. The van der Waals surface area contributed by atoms with Gasteiger partial charge in [-0.05, 0) is 37.6 Å². The molecule has 0 unspecified atom stereocenters. The van der Waals surface area contributed by atoms with E-state index in [2.05, 4.69) is 22.6 Å². The summed E-state index contributed by atoms with van der Waals surface area (Å²) >= 11 is 5.89. The number of hydrogen-bond acceptors (Lipinski definition) is 3. The second kappa shape index (κ2) is 7.62. The molecule has 1 aromatic rings. The third kappa shape index (κ3) is 4.25. The molecule has 1 atom stereocenters. The van der Waals surface area contributed by atoms with Crippen LogP contribution in [0, 0.1) is 0 Å². The van der Waals surface area contributed by atoms with E-state index in [-0.39, 0.29) is 17.5 Å². The van der Waals surface area contributed by atoms with Crippen LogP contribution in [-0.4, -0.2) is 60.5 Å². The van der Waals surface area contributed by atoms with Gasteiger partial charge in [0.1, 0.15) is 0 Å². The van der Waals surface area contributed by atoms with Crippen molar-refractivity contribution in [3.8, 4) is 0 Å². The van der Waals surface area contributed by atoms with Crippen molar-refractivity contribution < 1.29 is 9.59 Å². The van der Waals surface area contributed by atoms with E-state index in [1.165, 1.54) is 0 Å². The Kier molecular flexibility index (Phi) is 5.49. The Bertz CT molecular complexity index is 636. The van der Waals surface area contributed by atoms with Crippen molar-refractivity contribution in [3.63, 3.8) is 0 Å². The monoisotopic (exact) mass is 364 g/mol. The van der Waals surface area contributed by atoms with Crippen LogP contribution in [0.5, 0.6) is 0 Å². The van der Waals surface area contributed by atoms with E-state index in [4.69, 9.17) is 11.6 Å². The van der Waals surface area contributed by atoms with Gasteiger partial charge in [-0.15, -0.1) is 0 Å². The summed E-state index contributed by atoms with van der Waals surface area (Å²) in [6, 6.07) is 7.42. The van der Waals surface area contributed by atoms with Gasteiger partial charge in [0.2, 0.25) is 5.91 Å². The van der Waals surface area contributed by atoms with Crippen LogP contribution in [0.15, 0.2) is 24.3 Å². The highest BCUT2D eigenvalue weighted by atomic mass is 35.5. The first-order chi connectivity index (χ1) is 12.0. The van der Waals surface area contributed by atoms with Gasteiger partial charge < -0.3 is 15.5 Å². The Labute approximate surface area is 153 Å². The van der Waals surface area contributed by atoms with Crippen molar-refractivity contribution in [1.82, 2.24) is 20.4 Å². The number of urea groups is 1. The summed E-state index contributed by atoms with van der Waals surface area (Å²) in [4.78, 5) is 28.5. The number of amides is 3. The topological polar surface area (TPSA) is 64.7 Å². The molecular weight excluding hydrogens is 340 g/mol. The maximum atomic E-state index is 12.6. The Morgan fingerprint density at radius 1 is 1.28 bits per heavy atom. The Balaban J connectivity index is 1.61. The number of halogens is 1. The first-order valence-electron chi connectivity index (χ1n) is 8.74. The highest BCUT2D eigenvalue weighted by Gasteiger charge is 2.42. The molecule has 136 valence electrons. The quantitative estimate of drug-likeness (QED) is 0.841. The van der Waals surface area contributed by atoms with E-state index in [1.54, 1.807) is 0 Å². The van der Waals surface area contributed by atoms with Crippen LogP contribution in [0.2, 0.25) is 5.02 Å². The third-order valence-corrected chi connectivity index (χ3v) is 5.63. The fourth-order valence-electron chi connectivity index (χ4n) is 3.66. The molecule has 2 aliphatic heterocycles. The molecule has 0 aliphatic carbocycles. The van der Waals surface area contributed by atoms with Gasteiger partial charge in [-0.1, -0.05) is 23.7 Å². The molecule has 2 fully saturated rings. The zero-order valence-corrected chi connectivity index (χ0v) is 15.3. The van der Waals surface area contributed by atoms with E-state index in [9.17, 15) is 9.59 Å². The van der Waals surface area contributed by atoms with Gasteiger partial charge in [0, 0.05) is 49.7 Å². The summed E-state index contributed by atoms with van der Waals surface area (Å²) in [6.07, 6.45) is 2.18. The lowest BCUT2D eigenvalue weighted by Gasteiger charge is -2.49. The fourth-order valence-corrected chi connectivity index (χ4v) is 3.79. The van der Waals surface area contributed by atoms with Crippen LogP contribution < -0.4 is 10.6 Å². The molecule has 0 radical (unpaired) electrons. The van der Waals surface area contributed by atoms with Crippen molar-refractivity contribution in [3.05, 3.63) is 34.9 Å². The fraction of sp³-hybridized carbons (Fsp3) is 0.556. The van der Waals surface area contributed by atoms with Crippen molar-refractivity contribution >= 4 is 23.5 Å². The van der Waals surface area contributed by atoms with Crippen molar-refractivity contribution in [2.24, 2.45) is 0 Å². The smallest absolute Gasteiger partial charge is 0.317 e. The normalized spacial score (nSPS) is 24.7. The van der Waals surface area contributed by atoms with E-state index < -0.39 is 0 Å². The van der Waals surface area contributed by atoms with Crippen LogP contribution in [-0.2, 0) is 11.3 Å². The van der Waals surface area contributed by atoms with Gasteiger partial charge in [0.25, 0.3) is 0 Å². The molecule has 0 aromatic heterocycles. The Morgan fingerprint density at radius 3 is 2.80 bits per heavy atom. The number of benzene rings is 1. The molecule has 3 amide bonds. The molecule has 3 rings (SSSR count). The predicted molar refractivity (Wildman–Crippen MR) is 97.5 cm³/mol. The highest BCUT2D eigenvalue weighted by Crippen LogP contribution is 2.30. The van der Waals surface area contributed by atoms with Crippen molar-refractivity contribution in [1.29, 1.82) is 0 Å². The maximum Gasteiger partial charge on any atom is 0.317 e. The van der Waals surface area contributed by atoms with Gasteiger partial charge in [0.15, 0.2) is 0 Å². The number of carbonyl (C=O) groups is 2. The van der Waals surface area contributed by atoms with E-state index in [1.807, 2.05) is 29.2 Å². The molecule has 2 saturated heterocycles. The number of piperazine rings is 1. The third-order valence-electron chi connectivity index (χ3n) is 5.37. The molecule has 2 aliphatic rings. The second-order valence-electron chi connectivity index (χ2n) is 6.95. The SMILES string of the molecule is CN1CCN(C(=O)NCc2ccc(Cl)cc2)C[C@@]12CCNC(=O)CC2. The lowest BCUT2D eigenvalue weighted by molar-refractivity contribution is -0.121. The van der Waals surface area contributed by atoms with Gasteiger partial charge >= 0.3 is 6.03 Å². The average molecular weight is 365 g/mol. The Hall–Kier alpha value is -1.79. The first-order valence-corrected chi connectivity index (χ1v) is 9.11. The predicted octanol–water partition coefficient (Wildman–Crippen LogP) is 1.84. The summed E-state index contributed by atoms with van der Waals surface area (Å²) < 4.78 is 0. The molecule has 0 bridgehead atoms. The lowest BCUT2D eigenvalue weighted by Crippen LogP contribution is -2.63. The number of likely N-dealkylation sites (N-methyl/N-ethyl adjacent to an activating group) is 1. The number of nitrogens with one attached hydrogen (secondary N) is 2. The molecule has 0 saturated carbocycles. The molecule has 1 spiro atoms. The minimum Gasteiger partial charge on any atom is -0.356 e. The second-order valence-corrected chi connectivity index (χ2v) is 7.39. The molecule has 2 heterocycles. The zero-order valence-electron chi connectivity index (χ0n) is 14.6. The molecule has 2 N–H and O–H groups in total. The molecular formula is C18H25ClN4O2. The first kappa shape index (κ1) is 18.0. The van der Waals surface area contributed by atoms with Crippen LogP contribution >= 0.6 is 11.6 Å². The number of hydrogen-bond donors (Lipinski definition) is 2. The van der Waals surface area contributed by atoms with E-state index in [0.29, 0.717) is 37.6 Å². The largest absolute Gasteiger partial charge is 0.356 e. The molecule has 7 heteroatoms. The van der Waals surface area contributed by atoms with Gasteiger partial charge in [-0.25, -0.2) is 4.79 Å². The summed E-state index contributed by atoms with van der Waals surface area (Å²) in [5.74, 6) is 0.106. The van der Waals surface area contributed by atoms with E-state index in [0.717, 1.165) is 24.9 Å². The summed E-state index contributed by atoms with van der Waals surface area (Å²) in [6.45, 7) is 3.33. The van der Waals surface area contributed by atoms with Crippen LogP contribution in [0.4, 0.5) is 4.79 Å². The van der Waals surface area contributed by atoms with Crippen molar-refractivity contribution in [2.75, 3.05) is 33.2 Å². The molecule has 6 nitrogen and oxygen atoms in total.